The first-order valence-corrected chi connectivity index (χ1v) is 20.4. The van der Waals surface area contributed by atoms with E-state index in [1.54, 1.807) is 36.4 Å². The van der Waals surface area contributed by atoms with E-state index in [4.69, 9.17) is 21.1 Å². The summed E-state index contributed by atoms with van der Waals surface area (Å²) >= 11 is 6.80. The molecule has 11 heteroatoms. The van der Waals surface area contributed by atoms with Gasteiger partial charge in [0, 0.05) is 49.9 Å². The molecule has 54 heavy (non-hydrogen) atoms. The van der Waals surface area contributed by atoms with Crippen LogP contribution in [0.4, 0.5) is 5.69 Å². The van der Waals surface area contributed by atoms with Gasteiger partial charge in [0.15, 0.2) is 11.5 Å². The zero-order valence-corrected chi connectivity index (χ0v) is 31.8. The predicted molar refractivity (Wildman–Crippen MR) is 214 cm³/mol. The molecule has 2 saturated heterocycles. The van der Waals surface area contributed by atoms with Crippen LogP contribution in [0, 0.1) is 0 Å². The number of hydrogen-bond donors (Lipinski definition) is 1. The van der Waals surface area contributed by atoms with Crippen LogP contribution in [0.5, 0.6) is 17.2 Å². The van der Waals surface area contributed by atoms with E-state index in [0.717, 1.165) is 60.7 Å². The van der Waals surface area contributed by atoms with Crippen LogP contribution in [0.2, 0.25) is 5.02 Å². The third-order valence-corrected chi connectivity index (χ3v) is 11.7. The number of nitrogens with one attached hydrogen (secondary N) is 1. The zero-order chi connectivity index (χ0) is 37.3. The topological polar surface area (TPSA) is 91.4 Å². The molecule has 0 saturated carbocycles. The number of piperidine rings is 1. The number of nitrogens with zero attached hydrogens (tertiary/aromatic N) is 3. The minimum atomic E-state index is -4.39. The quantitative estimate of drug-likeness (QED) is 0.129. The van der Waals surface area contributed by atoms with Crippen molar-refractivity contribution in [2.45, 2.75) is 30.7 Å². The van der Waals surface area contributed by atoms with Crippen molar-refractivity contribution in [2.24, 2.45) is 0 Å². The molecule has 1 N–H and O–H groups in total. The zero-order valence-electron chi connectivity index (χ0n) is 30.2. The third-order valence-electron chi connectivity index (χ3n) is 9.97. The summed E-state index contributed by atoms with van der Waals surface area (Å²) in [7, 11) is -4.39. The average molecular weight is 765 g/mol. The number of carbonyl (C=O) groups is 1. The summed E-state index contributed by atoms with van der Waals surface area (Å²) in [5.41, 5.74) is 4.27. The van der Waals surface area contributed by atoms with Gasteiger partial charge in [-0.25, -0.2) is 13.1 Å². The van der Waals surface area contributed by atoms with E-state index in [2.05, 4.69) is 37.6 Å². The van der Waals surface area contributed by atoms with Crippen molar-refractivity contribution >= 4 is 33.2 Å². The lowest BCUT2D eigenvalue weighted by Gasteiger charge is -2.37. The van der Waals surface area contributed by atoms with Gasteiger partial charge in [-0.1, -0.05) is 96.9 Å². The average Bonchev–Trinajstić information content (AvgIpc) is 3.20. The molecule has 0 atom stereocenters. The van der Waals surface area contributed by atoms with E-state index in [0.29, 0.717) is 43.4 Å². The Kier molecular flexibility index (Phi) is 12.1. The number of rotatable bonds is 13. The number of ether oxygens (including phenoxy) is 2. The second-order valence-corrected chi connectivity index (χ2v) is 15.7. The van der Waals surface area contributed by atoms with Crippen LogP contribution in [0.3, 0.4) is 0 Å². The molecule has 0 unspecified atom stereocenters. The van der Waals surface area contributed by atoms with E-state index >= 15 is 0 Å². The Morgan fingerprint density at radius 2 is 1.35 bits per heavy atom. The standard InChI is InChI=1S/C43H45ClN4O5S/c44-38-21-13-20-36(33-14-5-1-6-15-33)37(38)32-47-26-28-48(29-27-47)39-22-23-40(54(50,51)45-43(49)34-16-7-2-8-17-34)42(41(39)53-35-18-9-3-10-19-35)52-31-30-46-24-11-4-12-25-46/h1-3,5-10,13-23H,4,11-12,24-32H2,(H,45,49). The van der Waals surface area contributed by atoms with Gasteiger partial charge in [0.2, 0.25) is 0 Å². The van der Waals surface area contributed by atoms with Gasteiger partial charge in [-0.3, -0.25) is 14.6 Å². The van der Waals surface area contributed by atoms with Crippen LogP contribution >= 0.6 is 11.6 Å². The predicted octanol–water partition coefficient (Wildman–Crippen LogP) is 8.10. The molecule has 2 aliphatic rings. The highest BCUT2D eigenvalue weighted by Gasteiger charge is 2.31. The van der Waals surface area contributed by atoms with Crippen molar-refractivity contribution in [1.82, 2.24) is 14.5 Å². The Bertz CT molecular complexity index is 2120. The molecule has 2 fully saturated rings. The van der Waals surface area contributed by atoms with Crippen LogP contribution in [0.25, 0.3) is 11.1 Å². The summed E-state index contributed by atoms with van der Waals surface area (Å²) in [6.45, 7) is 6.30. The van der Waals surface area contributed by atoms with Gasteiger partial charge in [-0.2, -0.15) is 0 Å². The van der Waals surface area contributed by atoms with E-state index < -0.39 is 15.9 Å². The lowest BCUT2D eigenvalue weighted by atomic mass is 9.99. The van der Waals surface area contributed by atoms with E-state index in [1.807, 2.05) is 60.7 Å². The molecular formula is C43H45ClN4O5S. The van der Waals surface area contributed by atoms with E-state index in [9.17, 15) is 13.2 Å². The number of anilines is 1. The molecule has 0 aliphatic carbocycles. The van der Waals surface area contributed by atoms with Crippen molar-refractivity contribution in [2.75, 3.05) is 57.3 Å². The Labute approximate surface area is 323 Å². The smallest absolute Gasteiger partial charge is 0.268 e. The minimum Gasteiger partial charge on any atom is -0.487 e. The Morgan fingerprint density at radius 1 is 0.685 bits per heavy atom. The maximum Gasteiger partial charge on any atom is 0.268 e. The Morgan fingerprint density at radius 3 is 2.06 bits per heavy atom. The molecule has 2 aliphatic heterocycles. The summed E-state index contributed by atoms with van der Waals surface area (Å²) in [6, 6.07) is 37.2. The molecule has 9 nitrogen and oxygen atoms in total. The van der Waals surface area contributed by atoms with Crippen molar-refractivity contribution < 1.29 is 22.7 Å². The number of sulfonamides is 1. The van der Waals surface area contributed by atoms with Gasteiger partial charge < -0.3 is 14.4 Å². The van der Waals surface area contributed by atoms with Crippen LogP contribution in [-0.2, 0) is 16.6 Å². The maximum absolute atomic E-state index is 14.1. The number of hydrogen-bond acceptors (Lipinski definition) is 8. The molecule has 5 aromatic rings. The number of carbonyl (C=O) groups excluding carboxylic acids is 1. The normalized spacial score (nSPS) is 15.5. The fraction of sp³-hybridized carbons (Fsp3) is 0.279. The molecule has 0 bridgehead atoms. The van der Waals surface area contributed by atoms with Crippen LogP contribution in [0.15, 0.2) is 126 Å². The summed E-state index contributed by atoms with van der Waals surface area (Å²) < 4.78 is 43.4. The van der Waals surface area contributed by atoms with Gasteiger partial charge in [-0.15, -0.1) is 0 Å². The van der Waals surface area contributed by atoms with Crippen molar-refractivity contribution in [3.8, 4) is 28.4 Å². The van der Waals surface area contributed by atoms with Crippen molar-refractivity contribution in [3.63, 3.8) is 0 Å². The van der Waals surface area contributed by atoms with E-state index in [1.165, 1.54) is 12.5 Å². The second-order valence-electron chi connectivity index (χ2n) is 13.6. The molecule has 0 spiro atoms. The third kappa shape index (κ3) is 9.07. The summed E-state index contributed by atoms with van der Waals surface area (Å²) in [5, 5.41) is 0.736. The molecule has 1 amide bonds. The molecule has 7 rings (SSSR count). The number of halogens is 1. The highest BCUT2D eigenvalue weighted by molar-refractivity contribution is 7.90. The van der Waals surface area contributed by atoms with Crippen molar-refractivity contribution in [1.29, 1.82) is 0 Å². The highest BCUT2D eigenvalue weighted by Crippen LogP contribution is 2.45. The highest BCUT2D eigenvalue weighted by atomic mass is 35.5. The largest absolute Gasteiger partial charge is 0.487 e. The monoisotopic (exact) mass is 764 g/mol. The van der Waals surface area contributed by atoms with Gasteiger partial charge in [0.25, 0.3) is 15.9 Å². The van der Waals surface area contributed by atoms with Crippen molar-refractivity contribution in [3.05, 3.63) is 137 Å². The fourth-order valence-corrected chi connectivity index (χ4v) is 8.45. The number of piperazine rings is 1. The summed E-state index contributed by atoms with van der Waals surface area (Å²) in [4.78, 5) is 19.9. The molecule has 280 valence electrons. The molecule has 2 heterocycles. The Hall–Kier alpha value is -4.87. The van der Waals surface area contributed by atoms with Gasteiger partial charge in [-0.05, 0) is 85.1 Å². The van der Waals surface area contributed by atoms with E-state index in [-0.39, 0.29) is 22.8 Å². The number of amides is 1. The molecule has 0 aromatic heterocycles. The number of benzene rings is 5. The van der Waals surface area contributed by atoms with Crippen LogP contribution in [0.1, 0.15) is 35.2 Å². The SMILES string of the molecule is O=C(NS(=O)(=O)c1ccc(N2CCN(Cc3c(Cl)cccc3-c3ccccc3)CC2)c(Oc2ccccc2)c1OCCN1CCCCC1)c1ccccc1. The van der Waals surface area contributed by atoms with Gasteiger partial charge in [0.05, 0.1) is 5.69 Å². The first-order valence-electron chi connectivity index (χ1n) is 18.5. The van der Waals surface area contributed by atoms with Gasteiger partial charge >= 0.3 is 0 Å². The summed E-state index contributed by atoms with van der Waals surface area (Å²) in [5.74, 6) is 0.177. The summed E-state index contributed by atoms with van der Waals surface area (Å²) in [6.07, 6.45) is 3.45. The maximum atomic E-state index is 14.1. The second kappa shape index (κ2) is 17.5. The lowest BCUT2D eigenvalue weighted by molar-refractivity contribution is 0.0981. The first kappa shape index (κ1) is 37.4. The molecular weight excluding hydrogens is 720 g/mol. The van der Waals surface area contributed by atoms with Crippen LogP contribution < -0.4 is 19.1 Å². The van der Waals surface area contributed by atoms with Gasteiger partial charge in [0.1, 0.15) is 17.3 Å². The number of likely N-dealkylation sites (tertiary alicyclic amines) is 1. The number of para-hydroxylation sites is 1. The minimum absolute atomic E-state index is 0.0766. The lowest BCUT2D eigenvalue weighted by Crippen LogP contribution is -2.46. The van der Waals surface area contributed by atoms with Crippen LogP contribution in [-0.4, -0.2) is 76.5 Å². The Balaban J connectivity index is 1.19. The first-order chi connectivity index (χ1) is 26.4. The molecule has 5 aromatic carbocycles. The fourth-order valence-electron chi connectivity index (χ4n) is 7.10. The molecule has 0 radical (unpaired) electrons.